The molecule has 7 heteroatoms. The summed E-state index contributed by atoms with van der Waals surface area (Å²) in [5.74, 6) is -0.790. The molecule has 0 saturated heterocycles. The van der Waals surface area contributed by atoms with E-state index >= 15 is 0 Å². The second-order valence-electron chi connectivity index (χ2n) is 6.61. The molecule has 146 valence electrons. The van der Waals surface area contributed by atoms with Crippen molar-refractivity contribution in [2.45, 2.75) is 0 Å². The monoisotopic (exact) mass is 399 g/mol. The Hall–Kier alpha value is -4.26. The SMILES string of the molecule is O=C(Nc1cccc(F)c1)c1ccc2nc(-c3ccoc3)c(-c3ccoc3)nc2c1. The van der Waals surface area contributed by atoms with Gasteiger partial charge in [-0.15, -0.1) is 0 Å². The molecule has 3 heterocycles. The van der Waals surface area contributed by atoms with Crippen molar-refractivity contribution in [3.05, 3.63) is 91.0 Å². The molecule has 0 fully saturated rings. The van der Waals surface area contributed by atoms with Gasteiger partial charge in [0.2, 0.25) is 0 Å². The summed E-state index contributed by atoms with van der Waals surface area (Å²) < 4.78 is 23.8. The molecule has 0 unspecified atom stereocenters. The summed E-state index contributed by atoms with van der Waals surface area (Å²) in [7, 11) is 0. The molecule has 6 nitrogen and oxygen atoms in total. The van der Waals surface area contributed by atoms with Crippen LogP contribution < -0.4 is 5.32 Å². The number of fused-ring (bicyclic) bond motifs is 1. The summed E-state index contributed by atoms with van der Waals surface area (Å²) in [5.41, 5.74) is 4.74. The lowest BCUT2D eigenvalue weighted by Gasteiger charge is -2.09. The fourth-order valence-electron chi connectivity index (χ4n) is 3.17. The van der Waals surface area contributed by atoms with Gasteiger partial charge >= 0.3 is 0 Å². The van der Waals surface area contributed by atoms with E-state index in [-0.39, 0.29) is 5.91 Å². The lowest BCUT2D eigenvalue weighted by atomic mass is 10.1. The van der Waals surface area contributed by atoms with Crippen molar-refractivity contribution >= 4 is 22.6 Å². The van der Waals surface area contributed by atoms with Crippen LogP contribution in [0.2, 0.25) is 0 Å². The number of halogens is 1. The minimum absolute atomic E-state index is 0.368. The number of nitrogens with one attached hydrogen (secondary N) is 1. The topological polar surface area (TPSA) is 81.2 Å². The highest BCUT2D eigenvalue weighted by Gasteiger charge is 2.16. The average molecular weight is 399 g/mol. The van der Waals surface area contributed by atoms with E-state index in [4.69, 9.17) is 18.8 Å². The molecule has 1 amide bonds. The zero-order valence-electron chi connectivity index (χ0n) is 15.5. The Morgan fingerprint density at radius 2 is 1.53 bits per heavy atom. The Morgan fingerprint density at radius 3 is 2.17 bits per heavy atom. The summed E-state index contributed by atoms with van der Waals surface area (Å²) in [5, 5.41) is 2.69. The van der Waals surface area contributed by atoms with Gasteiger partial charge in [0.25, 0.3) is 5.91 Å². The van der Waals surface area contributed by atoms with E-state index in [1.54, 1.807) is 61.5 Å². The van der Waals surface area contributed by atoms with Crippen LogP contribution in [-0.2, 0) is 0 Å². The highest BCUT2D eigenvalue weighted by atomic mass is 19.1. The van der Waals surface area contributed by atoms with Gasteiger partial charge in [0.1, 0.15) is 17.2 Å². The third kappa shape index (κ3) is 3.33. The Kier molecular flexibility index (Phi) is 4.33. The number of rotatable bonds is 4. The zero-order valence-corrected chi connectivity index (χ0v) is 15.5. The molecule has 0 saturated carbocycles. The standard InChI is InChI=1S/C23H14FN3O3/c24-17-2-1-3-18(11-17)25-23(28)14-4-5-19-20(10-14)27-22(16-7-9-30-13-16)21(26-19)15-6-8-29-12-15/h1-13H,(H,25,28). The van der Waals surface area contributed by atoms with Crippen molar-refractivity contribution in [2.24, 2.45) is 0 Å². The van der Waals surface area contributed by atoms with Crippen LogP contribution >= 0.6 is 0 Å². The molecule has 1 N–H and O–H groups in total. The maximum Gasteiger partial charge on any atom is 0.255 e. The Morgan fingerprint density at radius 1 is 0.833 bits per heavy atom. The minimum atomic E-state index is -0.422. The van der Waals surface area contributed by atoms with E-state index in [0.717, 1.165) is 11.1 Å². The predicted molar refractivity (Wildman–Crippen MR) is 109 cm³/mol. The van der Waals surface area contributed by atoms with E-state index in [9.17, 15) is 9.18 Å². The molecule has 0 bridgehead atoms. The van der Waals surface area contributed by atoms with Gasteiger partial charge in [-0.1, -0.05) is 6.07 Å². The summed E-state index contributed by atoms with van der Waals surface area (Å²) in [6.45, 7) is 0. The number of amides is 1. The van der Waals surface area contributed by atoms with Crippen molar-refractivity contribution < 1.29 is 18.0 Å². The molecule has 0 aliphatic carbocycles. The fraction of sp³-hybridized carbons (Fsp3) is 0. The van der Waals surface area contributed by atoms with Crippen molar-refractivity contribution in [3.63, 3.8) is 0 Å². The van der Waals surface area contributed by atoms with Gasteiger partial charge in [-0.05, 0) is 48.5 Å². The maximum atomic E-state index is 13.4. The van der Waals surface area contributed by atoms with Crippen LogP contribution in [0.25, 0.3) is 33.5 Å². The van der Waals surface area contributed by atoms with Gasteiger partial charge in [0, 0.05) is 22.4 Å². The van der Waals surface area contributed by atoms with Gasteiger partial charge in [-0.25, -0.2) is 14.4 Å². The van der Waals surface area contributed by atoms with Gasteiger partial charge in [0.15, 0.2) is 0 Å². The van der Waals surface area contributed by atoms with Crippen LogP contribution in [0.5, 0.6) is 0 Å². The second-order valence-corrected chi connectivity index (χ2v) is 6.61. The number of aromatic nitrogens is 2. The number of furan rings is 2. The molecule has 0 aliphatic rings. The van der Waals surface area contributed by atoms with Crippen molar-refractivity contribution in [1.29, 1.82) is 0 Å². The number of hydrogen-bond acceptors (Lipinski definition) is 5. The summed E-state index contributed by atoms with van der Waals surface area (Å²) in [6.07, 6.45) is 6.31. The summed E-state index contributed by atoms with van der Waals surface area (Å²) in [6, 6.07) is 14.4. The molecule has 0 spiro atoms. The molecular formula is C23H14FN3O3. The smallest absolute Gasteiger partial charge is 0.255 e. The minimum Gasteiger partial charge on any atom is -0.472 e. The van der Waals surface area contributed by atoms with Gasteiger partial charge in [-0.3, -0.25) is 4.79 Å². The zero-order chi connectivity index (χ0) is 20.5. The number of anilines is 1. The Labute approximate surface area is 170 Å². The van der Waals surface area contributed by atoms with Crippen molar-refractivity contribution in [3.8, 4) is 22.5 Å². The molecule has 2 aromatic carbocycles. The van der Waals surface area contributed by atoms with Crippen LogP contribution in [0.4, 0.5) is 10.1 Å². The molecule has 3 aromatic heterocycles. The van der Waals surface area contributed by atoms with E-state index in [1.165, 1.54) is 18.2 Å². The maximum absolute atomic E-state index is 13.4. The lowest BCUT2D eigenvalue weighted by Crippen LogP contribution is -2.12. The first-order valence-corrected chi connectivity index (χ1v) is 9.11. The number of nitrogens with zero attached hydrogens (tertiary/aromatic N) is 2. The largest absolute Gasteiger partial charge is 0.472 e. The molecule has 30 heavy (non-hydrogen) atoms. The van der Waals surface area contributed by atoms with Gasteiger partial charge in [0.05, 0.1) is 36.1 Å². The molecule has 0 atom stereocenters. The van der Waals surface area contributed by atoms with E-state index in [2.05, 4.69) is 5.32 Å². The van der Waals surface area contributed by atoms with Crippen LogP contribution in [0.3, 0.4) is 0 Å². The third-order valence-corrected chi connectivity index (χ3v) is 4.60. The highest BCUT2D eigenvalue weighted by molar-refractivity contribution is 6.06. The molecule has 0 radical (unpaired) electrons. The van der Waals surface area contributed by atoms with E-state index in [1.807, 2.05) is 0 Å². The average Bonchev–Trinajstić information content (AvgIpc) is 3.46. The first-order chi connectivity index (χ1) is 14.7. The number of hydrogen-bond donors (Lipinski definition) is 1. The Bertz CT molecular complexity index is 1350. The molecule has 5 aromatic rings. The van der Waals surface area contributed by atoms with Crippen molar-refractivity contribution in [2.75, 3.05) is 5.32 Å². The summed E-state index contributed by atoms with van der Waals surface area (Å²) >= 11 is 0. The number of benzene rings is 2. The van der Waals surface area contributed by atoms with Crippen LogP contribution in [0.15, 0.2) is 88.5 Å². The quantitative estimate of drug-likeness (QED) is 0.429. The van der Waals surface area contributed by atoms with E-state index in [0.29, 0.717) is 33.7 Å². The van der Waals surface area contributed by atoms with Gasteiger partial charge in [-0.2, -0.15) is 0 Å². The van der Waals surface area contributed by atoms with E-state index < -0.39 is 5.82 Å². The second kappa shape index (κ2) is 7.29. The lowest BCUT2D eigenvalue weighted by molar-refractivity contribution is 0.102. The highest BCUT2D eigenvalue weighted by Crippen LogP contribution is 2.31. The first-order valence-electron chi connectivity index (χ1n) is 9.11. The van der Waals surface area contributed by atoms with Crippen LogP contribution in [0, 0.1) is 5.82 Å². The Balaban J connectivity index is 1.57. The predicted octanol–water partition coefficient (Wildman–Crippen LogP) is 5.54. The van der Waals surface area contributed by atoms with Gasteiger partial charge < -0.3 is 14.2 Å². The fourth-order valence-corrected chi connectivity index (χ4v) is 3.17. The van der Waals surface area contributed by atoms with Crippen molar-refractivity contribution in [1.82, 2.24) is 9.97 Å². The number of carbonyl (C=O) groups excluding carboxylic acids is 1. The molecule has 0 aliphatic heterocycles. The summed E-state index contributed by atoms with van der Waals surface area (Å²) in [4.78, 5) is 22.1. The molecular weight excluding hydrogens is 385 g/mol. The normalized spacial score (nSPS) is 11.0. The first kappa shape index (κ1) is 17.8. The van der Waals surface area contributed by atoms with Crippen LogP contribution in [-0.4, -0.2) is 15.9 Å². The third-order valence-electron chi connectivity index (χ3n) is 4.60. The number of carbonyl (C=O) groups is 1. The molecule has 5 rings (SSSR count). The van der Waals surface area contributed by atoms with Crippen LogP contribution in [0.1, 0.15) is 10.4 Å².